The van der Waals surface area contributed by atoms with Gasteiger partial charge in [0.2, 0.25) is 10.0 Å². The minimum Gasteiger partial charge on any atom is -0.469 e. The van der Waals surface area contributed by atoms with Crippen molar-refractivity contribution in [2.24, 2.45) is 5.14 Å². The predicted molar refractivity (Wildman–Crippen MR) is 78.2 cm³/mol. The second kappa shape index (κ2) is 5.78. The zero-order chi connectivity index (χ0) is 16.5. The van der Waals surface area contributed by atoms with Crippen LogP contribution in [0.3, 0.4) is 0 Å². The Morgan fingerprint density at radius 3 is 2.41 bits per heavy atom. The van der Waals surface area contributed by atoms with E-state index in [4.69, 9.17) is 5.14 Å². The lowest BCUT2D eigenvalue weighted by Crippen LogP contribution is -2.13. The molecule has 0 fully saturated rings. The Labute approximate surface area is 126 Å². The summed E-state index contributed by atoms with van der Waals surface area (Å²) < 4.78 is 28.5. The molecule has 0 unspecified atom stereocenters. The van der Waals surface area contributed by atoms with E-state index in [1.165, 1.54) is 36.1 Å². The minimum absolute atomic E-state index is 0.0295. The number of benzene rings is 1. The first-order chi connectivity index (χ1) is 10.2. The molecule has 0 radical (unpaired) electrons. The molecule has 0 atom stereocenters. The minimum atomic E-state index is -3.78. The number of methoxy groups -OCH3 is 1. The highest BCUT2D eigenvalue weighted by molar-refractivity contribution is 7.89. The number of nitrogens with one attached hydrogen (secondary N) is 1. The van der Waals surface area contributed by atoms with E-state index in [1.807, 2.05) is 0 Å². The number of ether oxygens (including phenoxy) is 1. The number of esters is 1. The number of carbonyl (C=O) groups excluding carboxylic acids is 1. The first-order valence-electron chi connectivity index (χ1n) is 6.24. The van der Waals surface area contributed by atoms with Gasteiger partial charge in [-0.15, -0.1) is 0 Å². The number of H-pyrrole nitrogens is 1. The van der Waals surface area contributed by atoms with Gasteiger partial charge in [0.25, 0.3) is 5.56 Å². The van der Waals surface area contributed by atoms with Crippen molar-refractivity contribution in [2.45, 2.75) is 18.2 Å². The number of hydrogen-bond acceptors (Lipinski definition) is 5. The Morgan fingerprint density at radius 2 is 1.91 bits per heavy atom. The fraction of sp³-hybridized carbons (Fsp3) is 0.231. The molecule has 0 aliphatic carbocycles. The molecule has 1 heterocycles. The molecule has 0 bridgehead atoms. The SMILES string of the molecule is COC(=O)Cc1c(C)n(-c2ccc(S(N)(=O)=O)cc2)[nH]c1=O. The fourth-order valence-electron chi connectivity index (χ4n) is 2.02. The quantitative estimate of drug-likeness (QED) is 0.756. The summed E-state index contributed by atoms with van der Waals surface area (Å²) in [6, 6.07) is 5.68. The lowest BCUT2D eigenvalue weighted by molar-refractivity contribution is -0.139. The van der Waals surface area contributed by atoms with E-state index in [-0.39, 0.29) is 11.3 Å². The number of nitrogens with zero attached hydrogens (tertiary/aromatic N) is 1. The molecule has 1 aromatic carbocycles. The Kier molecular flexibility index (Phi) is 4.20. The maximum absolute atomic E-state index is 11.9. The Bertz CT molecular complexity index is 862. The number of sulfonamides is 1. The fourth-order valence-corrected chi connectivity index (χ4v) is 2.54. The zero-order valence-electron chi connectivity index (χ0n) is 12.0. The van der Waals surface area contributed by atoms with E-state index < -0.39 is 21.6 Å². The number of rotatable bonds is 4. The van der Waals surface area contributed by atoms with Gasteiger partial charge in [-0.25, -0.2) is 13.6 Å². The van der Waals surface area contributed by atoms with Crippen LogP contribution in [0.5, 0.6) is 0 Å². The number of aromatic amines is 1. The van der Waals surface area contributed by atoms with E-state index in [0.29, 0.717) is 16.9 Å². The van der Waals surface area contributed by atoms with Crippen molar-refractivity contribution in [1.82, 2.24) is 9.78 Å². The lowest BCUT2D eigenvalue weighted by Gasteiger charge is -2.07. The van der Waals surface area contributed by atoms with Crippen molar-refractivity contribution >= 4 is 16.0 Å². The highest BCUT2D eigenvalue weighted by atomic mass is 32.2. The van der Waals surface area contributed by atoms with E-state index >= 15 is 0 Å². The first kappa shape index (κ1) is 16.0. The van der Waals surface area contributed by atoms with Crippen LogP contribution in [0.2, 0.25) is 0 Å². The van der Waals surface area contributed by atoms with Crippen LogP contribution in [0.1, 0.15) is 11.3 Å². The van der Waals surface area contributed by atoms with E-state index in [1.54, 1.807) is 6.92 Å². The topological polar surface area (TPSA) is 124 Å². The standard InChI is InChI=1S/C13H15N3O5S/c1-8-11(7-12(17)21-2)13(18)15-16(8)9-3-5-10(6-4-9)22(14,19)20/h3-6H,7H2,1-2H3,(H,15,18)(H2,14,19,20). The Morgan fingerprint density at radius 1 is 1.32 bits per heavy atom. The molecule has 0 saturated heterocycles. The summed E-state index contributed by atoms with van der Waals surface area (Å²) in [6.45, 7) is 1.67. The highest BCUT2D eigenvalue weighted by Crippen LogP contribution is 2.15. The van der Waals surface area contributed by atoms with Gasteiger partial charge in [-0.2, -0.15) is 0 Å². The summed E-state index contributed by atoms with van der Waals surface area (Å²) in [5.74, 6) is -0.518. The summed E-state index contributed by atoms with van der Waals surface area (Å²) in [4.78, 5) is 23.2. The van der Waals surface area contributed by atoms with Crippen LogP contribution in [-0.2, 0) is 26.0 Å². The molecule has 2 aromatic rings. The van der Waals surface area contributed by atoms with Gasteiger partial charge in [-0.1, -0.05) is 0 Å². The molecule has 0 amide bonds. The second-order valence-electron chi connectivity index (χ2n) is 4.63. The van der Waals surface area contributed by atoms with Gasteiger partial charge in [0.15, 0.2) is 0 Å². The summed E-state index contributed by atoms with van der Waals surface area (Å²) in [5.41, 5.74) is 0.970. The summed E-state index contributed by atoms with van der Waals surface area (Å²) in [7, 11) is -2.53. The number of primary sulfonamides is 1. The van der Waals surface area contributed by atoms with Crippen molar-refractivity contribution in [2.75, 3.05) is 7.11 Å². The van der Waals surface area contributed by atoms with Crippen molar-refractivity contribution in [3.05, 3.63) is 45.9 Å². The largest absolute Gasteiger partial charge is 0.469 e. The maximum Gasteiger partial charge on any atom is 0.310 e. The predicted octanol–water partition coefficient (Wildman–Crippen LogP) is -0.163. The smallest absolute Gasteiger partial charge is 0.310 e. The molecule has 9 heteroatoms. The Balaban J connectivity index is 2.44. The van der Waals surface area contributed by atoms with Crippen LogP contribution in [-0.4, -0.2) is 31.3 Å². The summed E-state index contributed by atoms with van der Waals surface area (Å²) in [5, 5.41) is 7.62. The van der Waals surface area contributed by atoms with Gasteiger partial charge in [0.05, 0.1) is 29.7 Å². The summed E-state index contributed by atoms with van der Waals surface area (Å²) in [6.07, 6.45) is -0.139. The molecule has 2 rings (SSSR count). The normalized spacial score (nSPS) is 11.4. The van der Waals surface area contributed by atoms with E-state index in [9.17, 15) is 18.0 Å². The molecule has 0 spiro atoms. The highest BCUT2D eigenvalue weighted by Gasteiger charge is 2.16. The van der Waals surface area contributed by atoms with Crippen LogP contribution >= 0.6 is 0 Å². The van der Waals surface area contributed by atoms with Crippen LogP contribution in [0.25, 0.3) is 5.69 Å². The molecular weight excluding hydrogens is 310 g/mol. The average Bonchev–Trinajstić information content (AvgIpc) is 2.74. The van der Waals surface area contributed by atoms with Gasteiger partial charge in [0, 0.05) is 5.69 Å². The first-order valence-corrected chi connectivity index (χ1v) is 7.79. The number of nitrogens with two attached hydrogens (primary N) is 1. The molecular formula is C13H15N3O5S. The molecule has 3 N–H and O–H groups in total. The molecule has 0 aliphatic rings. The van der Waals surface area contributed by atoms with Gasteiger partial charge < -0.3 is 4.74 Å². The molecule has 1 aromatic heterocycles. The van der Waals surface area contributed by atoms with Gasteiger partial charge in [-0.3, -0.25) is 19.4 Å². The molecule has 118 valence electrons. The van der Waals surface area contributed by atoms with Crippen LogP contribution < -0.4 is 10.7 Å². The van der Waals surface area contributed by atoms with Crippen molar-refractivity contribution in [3.8, 4) is 5.69 Å². The Hall–Kier alpha value is -2.39. The lowest BCUT2D eigenvalue weighted by atomic mass is 10.2. The maximum atomic E-state index is 11.9. The van der Waals surface area contributed by atoms with Gasteiger partial charge >= 0.3 is 5.97 Å². The molecule has 22 heavy (non-hydrogen) atoms. The van der Waals surface area contributed by atoms with Crippen LogP contribution in [0.15, 0.2) is 34.0 Å². The second-order valence-corrected chi connectivity index (χ2v) is 6.19. The molecule has 8 nitrogen and oxygen atoms in total. The van der Waals surface area contributed by atoms with Crippen molar-refractivity contribution in [1.29, 1.82) is 0 Å². The van der Waals surface area contributed by atoms with E-state index in [0.717, 1.165) is 0 Å². The van der Waals surface area contributed by atoms with E-state index in [2.05, 4.69) is 9.84 Å². The number of aromatic nitrogens is 2. The van der Waals surface area contributed by atoms with Gasteiger partial charge in [0.1, 0.15) is 0 Å². The molecule has 0 aliphatic heterocycles. The third-order valence-corrected chi connectivity index (χ3v) is 4.16. The van der Waals surface area contributed by atoms with Crippen molar-refractivity contribution in [3.63, 3.8) is 0 Å². The summed E-state index contributed by atoms with van der Waals surface area (Å²) >= 11 is 0. The van der Waals surface area contributed by atoms with Crippen LogP contribution in [0.4, 0.5) is 0 Å². The molecule has 0 saturated carbocycles. The van der Waals surface area contributed by atoms with Crippen molar-refractivity contribution < 1.29 is 17.9 Å². The zero-order valence-corrected chi connectivity index (χ0v) is 12.8. The van der Waals surface area contributed by atoms with Gasteiger partial charge in [-0.05, 0) is 31.2 Å². The third-order valence-electron chi connectivity index (χ3n) is 3.23. The third kappa shape index (κ3) is 3.10. The van der Waals surface area contributed by atoms with Crippen LogP contribution in [0, 0.1) is 6.92 Å². The monoisotopic (exact) mass is 325 g/mol. The number of hydrogen-bond donors (Lipinski definition) is 2. The average molecular weight is 325 g/mol. The number of carbonyl (C=O) groups is 1.